The van der Waals surface area contributed by atoms with Gasteiger partial charge in [-0.2, -0.15) is 0 Å². The molecule has 0 radical (unpaired) electrons. The number of guanidine groups is 1. The highest BCUT2D eigenvalue weighted by molar-refractivity contribution is 14.0. The largest absolute Gasteiger partial charge is 0.484 e. The lowest BCUT2D eigenvalue weighted by Crippen LogP contribution is -2.47. The molecular weight excluding hydrogens is 519 g/mol. The Kier molecular flexibility index (Phi) is 12.3. The number of carbonyl (C=O) groups is 1. The van der Waals surface area contributed by atoms with Gasteiger partial charge in [0, 0.05) is 39.7 Å². The minimum Gasteiger partial charge on any atom is -0.484 e. The third-order valence-corrected chi connectivity index (χ3v) is 5.35. The molecule has 2 unspecified atom stereocenters. The SMILES string of the molecule is CCNC(=NCc1cccc(OCC(=O)N(C)C)c1)NCC1CCCOC1C(C)(C)C.I. The quantitative estimate of drug-likeness (QED) is 0.289. The molecule has 1 aliphatic heterocycles. The van der Waals surface area contributed by atoms with Crippen LogP contribution in [0.5, 0.6) is 5.75 Å². The summed E-state index contributed by atoms with van der Waals surface area (Å²) in [4.78, 5) is 18.0. The van der Waals surface area contributed by atoms with Crippen LogP contribution < -0.4 is 15.4 Å². The third kappa shape index (κ3) is 9.52. The van der Waals surface area contributed by atoms with Crippen molar-refractivity contribution in [3.05, 3.63) is 29.8 Å². The van der Waals surface area contributed by atoms with Gasteiger partial charge in [-0.1, -0.05) is 32.9 Å². The molecule has 32 heavy (non-hydrogen) atoms. The number of carbonyl (C=O) groups excluding carboxylic acids is 1. The molecule has 1 aromatic carbocycles. The van der Waals surface area contributed by atoms with E-state index in [0.29, 0.717) is 18.2 Å². The van der Waals surface area contributed by atoms with Gasteiger partial charge in [0.05, 0.1) is 12.6 Å². The summed E-state index contributed by atoms with van der Waals surface area (Å²) in [5.74, 6) is 1.87. The number of rotatable bonds is 8. The van der Waals surface area contributed by atoms with Gasteiger partial charge in [0.2, 0.25) is 0 Å². The second-order valence-electron chi connectivity index (χ2n) is 9.36. The molecule has 0 saturated carbocycles. The highest BCUT2D eigenvalue weighted by Crippen LogP contribution is 2.33. The molecule has 7 nitrogen and oxygen atoms in total. The summed E-state index contributed by atoms with van der Waals surface area (Å²) < 4.78 is 11.7. The Morgan fingerprint density at radius 2 is 2.03 bits per heavy atom. The van der Waals surface area contributed by atoms with Crippen LogP contribution in [-0.2, 0) is 16.1 Å². The van der Waals surface area contributed by atoms with Gasteiger partial charge in [0.1, 0.15) is 5.75 Å². The van der Waals surface area contributed by atoms with E-state index < -0.39 is 0 Å². The molecule has 2 atom stereocenters. The average Bonchev–Trinajstić information content (AvgIpc) is 2.73. The smallest absolute Gasteiger partial charge is 0.259 e. The maximum Gasteiger partial charge on any atom is 0.259 e. The Morgan fingerprint density at radius 3 is 2.69 bits per heavy atom. The maximum absolute atomic E-state index is 11.7. The van der Waals surface area contributed by atoms with E-state index in [2.05, 4.69) is 38.3 Å². The normalized spacial score (nSPS) is 19.0. The van der Waals surface area contributed by atoms with E-state index in [4.69, 9.17) is 14.5 Å². The minimum atomic E-state index is -0.0673. The molecule has 1 fully saturated rings. The highest BCUT2D eigenvalue weighted by Gasteiger charge is 2.35. The summed E-state index contributed by atoms with van der Waals surface area (Å²) in [5.41, 5.74) is 1.15. The molecule has 0 spiro atoms. The van der Waals surface area contributed by atoms with Gasteiger partial charge in [-0.3, -0.25) is 4.79 Å². The van der Waals surface area contributed by atoms with Gasteiger partial charge in [-0.05, 0) is 42.9 Å². The van der Waals surface area contributed by atoms with Crippen molar-refractivity contribution in [1.82, 2.24) is 15.5 Å². The van der Waals surface area contributed by atoms with Crippen LogP contribution in [0.2, 0.25) is 0 Å². The van der Waals surface area contributed by atoms with Crippen LogP contribution in [0.3, 0.4) is 0 Å². The molecule has 0 aliphatic carbocycles. The van der Waals surface area contributed by atoms with Crippen LogP contribution in [0, 0.1) is 11.3 Å². The number of ether oxygens (including phenoxy) is 2. The van der Waals surface area contributed by atoms with Crippen molar-refractivity contribution in [2.24, 2.45) is 16.3 Å². The molecule has 182 valence electrons. The molecule has 1 amide bonds. The van der Waals surface area contributed by atoms with Gasteiger partial charge in [-0.15, -0.1) is 24.0 Å². The van der Waals surface area contributed by atoms with Gasteiger partial charge >= 0.3 is 0 Å². The second kappa shape index (κ2) is 13.9. The first-order valence-electron chi connectivity index (χ1n) is 11.3. The average molecular weight is 561 g/mol. The van der Waals surface area contributed by atoms with E-state index in [9.17, 15) is 4.79 Å². The Hall–Kier alpha value is -1.55. The maximum atomic E-state index is 11.7. The number of nitrogens with one attached hydrogen (secondary N) is 2. The van der Waals surface area contributed by atoms with Gasteiger partial charge in [0.15, 0.2) is 12.6 Å². The predicted molar refractivity (Wildman–Crippen MR) is 141 cm³/mol. The van der Waals surface area contributed by atoms with E-state index in [-0.39, 0.29) is 48.0 Å². The van der Waals surface area contributed by atoms with Gasteiger partial charge in [-0.25, -0.2) is 4.99 Å². The van der Waals surface area contributed by atoms with Crippen LogP contribution in [0.25, 0.3) is 0 Å². The molecular formula is C24H41IN4O3. The first-order valence-corrected chi connectivity index (χ1v) is 11.3. The topological polar surface area (TPSA) is 75.2 Å². The number of likely N-dealkylation sites (N-methyl/N-ethyl adjacent to an activating group) is 1. The van der Waals surface area contributed by atoms with Crippen molar-refractivity contribution in [3.8, 4) is 5.75 Å². The number of aliphatic imine (C=N–C) groups is 1. The first kappa shape index (κ1) is 28.5. The molecule has 2 N–H and O–H groups in total. The predicted octanol–water partition coefficient (Wildman–Crippen LogP) is 3.67. The zero-order chi connectivity index (χ0) is 22.9. The lowest BCUT2D eigenvalue weighted by Gasteiger charge is -2.40. The Balaban J connectivity index is 0.00000512. The Morgan fingerprint density at radius 1 is 1.28 bits per heavy atom. The monoisotopic (exact) mass is 560 g/mol. The van der Waals surface area contributed by atoms with E-state index in [1.807, 2.05) is 24.3 Å². The first-order chi connectivity index (χ1) is 14.7. The highest BCUT2D eigenvalue weighted by atomic mass is 127. The van der Waals surface area contributed by atoms with E-state index in [1.165, 1.54) is 11.3 Å². The number of halogens is 1. The van der Waals surface area contributed by atoms with Crippen LogP contribution in [-0.4, -0.2) is 63.3 Å². The molecule has 1 aromatic rings. The van der Waals surface area contributed by atoms with E-state index in [1.54, 1.807) is 14.1 Å². The zero-order valence-corrected chi connectivity index (χ0v) is 22.8. The fraction of sp³-hybridized carbons (Fsp3) is 0.667. The van der Waals surface area contributed by atoms with Crippen molar-refractivity contribution in [2.75, 3.05) is 40.4 Å². The van der Waals surface area contributed by atoms with Crippen molar-refractivity contribution in [1.29, 1.82) is 0 Å². The molecule has 8 heteroatoms. The zero-order valence-electron chi connectivity index (χ0n) is 20.4. The summed E-state index contributed by atoms with van der Waals surface area (Å²) in [5, 5.41) is 6.84. The fourth-order valence-electron chi connectivity index (χ4n) is 3.76. The van der Waals surface area contributed by atoms with Crippen LogP contribution in [0.15, 0.2) is 29.3 Å². The fourth-order valence-corrected chi connectivity index (χ4v) is 3.76. The second-order valence-corrected chi connectivity index (χ2v) is 9.36. The standard InChI is InChI=1S/C24H40N4O3.HI/c1-7-25-23(27-16-19-11-9-13-30-22(19)24(2,3)4)26-15-18-10-8-12-20(14-18)31-17-21(29)28(5)6;/h8,10,12,14,19,22H,7,9,11,13,15-17H2,1-6H3,(H2,25,26,27);1H. The van der Waals surface area contributed by atoms with Gasteiger partial charge in [0.25, 0.3) is 5.91 Å². The van der Waals surface area contributed by atoms with Crippen LogP contribution in [0.4, 0.5) is 0 Å². The molecule has 0 bridgehead atoms. The Labute approximate surface area is 210 Å². The minimum absolute atomic E-state index is 0. The molecule has 1 saturated heterocycles. The lowest BCUT2D eigenvalue weighted by atomic mass is 9.78. The summed E-state index contributed by atoms with van der Waals surface area (Å²) in [6.45, 7) is 11.8. The molecule has 0 aromatic heterocycles. The Bertz CT molecular complexity index is 734. The number of benzene rings is 1. The number of hydrogen-bond donors (Lipinski definition) is 2. The summed E-state index contributed by atoms with van der Waals surface area (Å²) in [6.07, 6.45) is 2.52. The molecule has 1 aliphatic rings. The molecule has 2 rings (SSSR count). The van der Waals surface area contributed by atoms with Crippen molar-refractivity contribution < 1.29 is 14.3 Å². The summed E-state index contributed by atoms with van der Waals surface area (Å²) in [7, 11) is 3.43. The van der Waals surface area contributed by atoms with Gasteiger partial charge < -0.3 is 25.0 Å². The number of hydrogen-bond acceptors (Lipinski definition) is 4. The summed E-state index contributed by atoms with van der Waals surface area (Å²) in [6, 6.07) is 7.72. The van der Waals surface area contributed by atoms with Crippen molar-refractivity contribution >= 4 is 35.8 Å². The number of amides is 1. The van der Waals surface area contributed by atoms with E-state index >= 15 is 0 Å². The number of nitrogens with zero attached hydrogens (tertiary/aromatic N) is 2. The van der Waals surface area contributed by atoms with E-state index in [0.717, 1.165) is 37.6 Å². The van der Waals surface area contributed by atoms with Crippen molar-refractivity contribution in [2.45, 2.75) is 53.2 Å². The van der Waals surface area contributed by atoms with Crippen molar-refractivity contribution in [3.63, 3.8) is 0 Å². The lowest BCUT2D eigenvalue weighted by molar-refractivity contribution is -0.130. The van der Waals surface area contributed by atoms with Crippen LogP contribution in [0.1, 0.15) is 46.1 Å². The summed E-state index contributed by atoms with van der Waals surface area (Å²) >= 11 is 0. The third-order valence-electron chi connectivity index (χ3n) is 5.35. The molecule has 1 heterocycles. The van der Waals surface area contributed by atoms with Crippen LogP contribution >= 0.6 is 24.0 Å².